The van der Waals surface area contributed by atoms with E-state index in [-0.39, 0.29) is 11.3 Å². The van der Waals surface area contributed by atoms with E-state index in [1.165, 1.54) is 4.90 Å². The van der Waals surface area contributed by atoms with E-state index in [4.69, 9.17) is 9.47 Å². The van der Waals surface area contributed by atoms with Gasteiger partial charge in [0.15, 0.2) is 11.5 Å². The van der Waals surface area contributed by atoms with Crippen molar-refractivity contribution in [2.45, 2.75) is 32.2 Å². The van der Waals surface area contributed by atoms with Crippen molar-refractivity contribution in [2.24, 2.45) is 0 Å². The molecule has 1 aliphatic rings. The lowest BCUT2D eigenvalue weighted by molar-refractivity contribution is -0.139. The number of aliphatic hydroxyl groups excluding tert-OH is 1. The average molecular weight is 486 g/mol. The summed E-state index contributed by atoms with van der Waals surface area (Å²) < 4.78 is 11.5. The first-order valence-corrected chi connectivity index (χ1v) is 12.2. The van der Waals surface area contributed by atoms with Crippen molar-refractivity contribution in [3.63, 3.8) is 0 Å². The van der Waals surface area contributed by atoms with Crippen molar-refractivity contribution >= 4 is 17.4 Å². The highest BCUT2D eigenvalue weighted by Crippen LogP contribution is 2.42. The van der Waals surface area contributed by atoms with Crippen molar-refractivity contribution < 1.29 is 24.2 Å². The van der Waals surface area contributed by atoms with Gasteiger partial charge in [-0.05, 0) is 36.1 Å². The van der Waals surface area contributed by atoms with Crippen LogP contribution < -0.4 is 9.47 Å². The van der Waals surface area contributed by atoms with Gasteiger partial charge in [0.1, 0.15) is 5.76 Å². The number of hydrogen-bond acceptors (Lipinski definition) is 5. The number of rotatable bonds is 10. The standard InChI is InChI=1S/C30H31NO5/c1-3-4-19-36-24-16-15-23(20-25(24)35-2)27-26(28(32)22-13-9-6-10-14-22)29(33)30(34)31(27)18-17-21-11-7-5-8-12-21/h5-16,20,27,32H,3-4,17-19H2,1-2H3. The van der Waals surface area contributed by atoms with Crippen LogP contribution in [0.25, 0.3) is 5.76 Å². The summed E-state index contributed by atoms with van der Waals surface area (Å²) in [4.78, 5) is 28.0. The lowest BCUT2D eigenvalue weighted by atomic mass is 9.95. The molecule has 1 atom stereocenters. The number of ketones is 1. The lowest BCUT2D eigenvalue weighted by Crippen LogP contribution is -2.31. The first-order valence-electron chi connectivity index (χ1n) is 12.2. The minimum absolute atomic E-state index is 0.0703. The second kappa shape index (κ2) is 11.6. The van der Waals surface area contributed by atoms with Crippen molar-refractivity contribution in [2.75, 3.05) is 20.3 Å². The molecule has 0 aliphatic carbocycles. The molecule has 3 aromatic carbocycles. The molecule has 1 amide bonds. The fourth-order valence-corrected chi connectivity index (χ4v) is 4.40. The maximum atomic E-state index is 13.3. The maximum Gasteiger partial charge on any atom is 0.295 e. The Hall–Kier alpha value is -4.06. The predicted octanol–water partition coefficient (Wildman–Crippen LogP) is 5.54. The fourth-order valence-electron chi connectivity index (χ4n) is 4.40. The van der Waals surface area contributed by atoms with Crippen LogP contribution in [0.5, 0.6) is 11.5 Å². The van der Waals surface area contributed by atoms with Crippen molar-refractivity contribution in [1.29, 1.82) is 0 Å². The van der Waals surface area contributed by atoms with E-state index in [0.29, 0.717) is 42.2 Å². The monoisotopic (exact) mass is 485 g/mol. The zero-order chi connectivity index (χ0) is 25.5. The summed E-state index contributed by atoms with van der Waals surface area (Å²) in [6.45, 7) is 2.98. The Morgan fingerprint density at radius 2 is 1.64 bits per heavy atom. The highest BCUT2D eigenvalue weighted by atomic mass is 16.5. The third-order valence-corrected chi connectivity index (χ3v) is 6.33. The number of unbranched alkanes of at least 4 members (excludes halogenated alkanes) is 1. The number of amides is 1. The number of nitrogens with zero attached hydrogens (tertiary/aromatic N) is 1. The van der Waals surface area contributed by atoms with Crippen LogP contribution in [0.1, 0.15) is 42.5 Å². The van der Waals surface area contributed by atoms with Gasteiger partial charge in [-0.25, -0.2) is 0 Å². The maximum absolute atomic E-state index is 13.3. The van der Waals surface area contributed by atoms with Gasteiger partial charge in [-0.2, -0.15) is 0 Å². The Labute approximate surface area is 211 Å². The van der Waals surface area contributed by atoms with E-state index in [1.54, 1.807) is 43.5 Å². The Balaban J connectivity index is 1.77. The average Bonchev–Trinajstić information content (AvgIpc) is 3.17. The smallest absolute Gasteiger partial charge is 0.295 e. The van der Waals surface area contributed by atoms with Crippen LogP contribution in [-0.2, 0) is 16.0 Å². The Bertz CT molecular complexity index is 1240. The molecule has 1 unspecified atom stereocenters. The van der Waals surface area contributed by atoms with Gasteiger partial charge in [0.25, 0.3) is 11.7 Å². The van der Waals surface area contributed by atoms with Crippen LogP contribution in [0, 0.1) is 0 Å². The number of carbonyl (C=O) groups excluding carboxylic acids is 2. The molecular weight excluding hydrogens is 454 g/mol. The predicted molar refractivity (Wildman–Crippen MR) is 139 cm³/mol. The van der Waals surface area contributed by atoms with Crippen LogP contribution in [0.15, 0.2) is 84.4 Å². The summed E-state index contributed by atoms with van der Waals surface area (Å²) in [5, 5.41) is 11.2. The normalized spacial score (nSPS) is 16.8. The molecule has 6 heteroatoms. The van der Waals surface area contributed by atoms with Crippen LogP contribution >= 0.6 is 0 Å². The molecule has 4 rings (SSSR count). The molecule has 3 aromatic rings. The highest BCUT2D eigenvalue weighted by molar-refractivity contribution is 6.46. The molecule has 0 aromatic heterocycles. The molecule has 1 saturated heterocycles. The zero-order valence-corrected chi connectivity index (χ0v) is 20.6. The second-order valence-electron chi connectivity index (χ2n) is 8.71. The third-order valence-electron chi connectivity index (χ3n) is 6.33. The third kappa shape index (κ3) is 5.28. The highest BCUT2D eigenvalue weighted by Gasteiger charge is 2.46. The van der Waals surface area contributed by atoms with Crippen LogP contribution in [0.4, 0.5) is 0 Å². The number of hydrogen-bond donors (Lipinski definition) is 1. The number of benzene rings is 3. The van der Waals surface area contributed by atoms with Crippen molar-refractivity contribution in [3.8, 4) is 11.5 Å². The zero-order valence-electron chi connectivity index (χ0n) is 20.6. The van der Waals surface area contributed by atoms with Gasteiger partial charge in [0, 0.05) is 12.1 Å². The van der Waals surface area contributed by atoms with Crippen LogP contribution in [0.3, 0.4) is 0 Å². The molecule has 1 heterocycles. The van der Waals surface area contributed by atoms with E-state index in [0.717, 1.165) is 18.4 Å². The first kappa shape index (κ1) is 25.0. The van der Waals surface area contributed by atoms with Crippen LogP contribution in [0.2, 0.25) is 0 Å². The van der Waals surface area contributed by atoms with Gasteiger partial charge in [-0.3, -0.25) is 9.59 Å². The van der Waals surface area contributed by atoms with Crippen molar-refractivity contribution in [1.82, 2.24) is 4.90 Å². The molecule has 0 bridgehead atoms. The van der Waals surface area contributed by atoms with E-state index in [2.05, 4.69) is 6.92 Å². The molecule has 1 fully saturated rings. The van der Waals surface area contributed by atoms with E-state index < -0.39 is 17.7 Å². The molecule has 0 radical (unpaired) electrons. The Kier molecular flexibility index (Phi) is 8.06. The number of Topliss-reactive ketones (excluding diaryl/α,β-unsaturated/α-hetero) is 1. The lowest BCUT2D eigenvalue weighted by Gasteiger charge is -2.26. The minimum atomic E-state index is -0.757. The Morgan fingerprint density at radius 3 is 2.31 bits per heavy atom. The quantitative estimate of drug-likeness (QED) is 0.177. The molecule has 36 heavy (non-hydrogen) atoms. The van der Waals surface area contributed by atoms with E-state index in [1.807, 2.05) is 42.5 Å². The van der Waals surface area contributed by atoms with Gasteiger partial charge >= 0.3 is 0 Å². The molecule has 186 valence electrons. The largest absolute Gasteiger partial charge is 0.507 e. The molecule has 6 nitrogen and oxygen atoms in total. The van der Waals surface area contributed by atoms with E-state index in [9.17, 15) is 14.7 Å². The molecule has 0 saturated carbocycles. The second-order valence-corrected chi connectivity index (χ2v) is 8.71. The summed E-state index contributed by atoms with van der Waals surface area (Å²) in [6.07, 6.45) is 2.50. The number of ether oxygens (including phenoxy) is 2. The number of carbonyl (C=O) groups is 2. The van der Waals surface area contributed by atoms with E-state index >= 15 is 0 Å². The number of aliphatic hydroxyl groups is 1. The van der Waals surface area contributed by atoms with Crippen molar-refractivity contribution in [3.05, 3.63) is 101 Å². The molecule has 1 N–H and O–H groups in total. The van der Waals surface area contributed by atoms with Gasteiger partial charge in [0.05, 0.1) is 25.3 Å². The Morgan fingerprint density at radius 1 is 0.944 bits per heavy atom. The first-order chi connectivity index (χ1) is 17.5. The summed E-state index contributed by atoms with van der Waals surface area (Å²) >= 11 is 0. The molecule has 0 spiro atoms. The SMILES string of the molecule is CCCCOc1ccc(C2C(=C(O)c3ccccc3)C(=O)C(=O)N2CCc2ccccc2)cc1OC. The molecule has 1 aliphatic heterocycles. The fraction of sp³-hybridized carbons (Fsp3) is 0.267. The summed E-state index contributed by atoms with van der Waals surface area (Å²) in [5.41, 5.74) is 2.27. The minimum Gasteiger partial charge on any atom is -0.507 e. The summed E-state index contributed by atoms with van der Waals surface area (Å²) in [5.74, 6) is -0.410. The van der Waals surface area contributed by atoms with Gasteiger partial charge in [-0.15, -0.1) is 0 Å². The topological polar surface area (TPSA) is 76.1 Å². The van der Waals surface area contributed by atoms with Crippen LogP contribution in [-0.4, -0.2) is 42.0 Å². The summed E-state index contributed by atoms with van der Waals surface area (Å²) in [7, 11) is 1.56. The number of methoxy groups -OCH3 is 1. The van der Waals surface area contributed by atoms with Gasteiger partial charge < -0.3 is 19.5 Å². The van der Waals surface area contributed by atoms with Gasteiger partial charge in [0.2, 0.25) is 0 Å². The van der Waals surface area contributed by atoms with Gasteiger partial charge in [-0.1, -0.05) is 80.1 Å². The molecular formula is C30H31NO5. The number of likely N-dealkylation sites (tertiary alicyclic amines) is 1. The summed E-state index contributed by atoms with van der Waals surface area (Å²) in [6, 6.07) is 23.3.